The molecule has 128 valence electrons. The van der Waals surface area contributed by atoms with E-state index in [1.807, 2.05) is 30.0 Å². The van der Waals surface area contributed by atoms with Crippen LogP contribution < -0.4 is 5.32 Å². The number of aromatic amines is 1. The number of H-pyrrole nitrogens is 1. The number of hydrogen-bond donors (Lipinski definition) is 2. The van der Waals surface area contributed by atoms with Gasteiger partial charge in [0.05, 0.1) is 6.54 Å². The quantitative estimate of drug-likeness (QED) is 0.892. The van der Waals surface area contributed by atoms with Gasteiger partial charge in [0.15, 0.2) is 0 Å². The summed E-state index contributed by atoms with van der Waals surface area (Å²) < 4.78 is 0. The predicted octanol–water partition coefficient (Wildman–Crippen LogP) is 1.29. The summed E-state index contributed by atoms with van der Waals surface area (Å²) in [6.07, 6.45) is 0. The monoisotopic (exact) mass is 328 g/mol. The molecule has 2 amide bonds. The van der Waals surface area contributed by atoms with Crippen LogP contribution in [0.1, 0.15) is 21.6 Å². The van der Waals surface area contributed by atoms with Gasteiger partial charge >= 0.3 is 0 Å². The second-order valence-electron chi connectivity index (χ2n) is 6.38. The average Bonchev–Trinajstić information content (AvgIpc) is 2.89. The molecule has 2 N–H and O–H groups in total. The lowest BCUT2D eigenvalue weighted by atomic mass is 10.1. The Hall–Kier alpha value is -2.34. The highest BCUT2D eigenvalue weighted by Gasteiger charge is 2.23. The van der Waals surface area contributed by atoms with Crippen LogP contribution in [0.25, 0.3) is 10.9 Å². The van der Waals surface area contributed by atoms with Crippen LogP contribution in [0, 0.1) is 13.8 Å². The first kappa shape index (κ1) is 16.5. The number of piperazine rings is 1. The summed E-state index contributed by atoms with van der Waals surface area (Å²) in [7, 11) is 1.64. The minimum atomic E-state index is 0.0125. The van der Waals surface area contributed by atoms with Crippen molar-refractivity contribution >= 4 is 22.7 Å². The van der Waals surface area contributed by atoms with E-state index in [4.69, 9.17) is 0 Å². The van der Waals surface area contributed by atoms with E-state index < -0.39 is 0 Å². The normalized spacial score (nSPS) is 15.7. The zero-order valence-electron chi connectivity index (χ0n) is 14.5. The third-order valence-electron chi connectivity index (χ3n) is 4.86. The first-order chi connectivity index (χ1) is 11.5. The number of carbonyl (C=O) groups is 2. The minimum Gasteiger partial charge on any atom is -0.358 e. The molecule has 0 saturated carbocycles. The first-order valence-corrected chi connectivity index (χ1v) is 8.30. The number of benzene rings is 1. The van der Waals surface area contributed by atoms with Gasteiger partial charge in [0.25, 0.3) is 5.91 Å². The molecule has 0 atom stereocenters. The van der Waals surface area contributed by atoms with Gasteiger partial charge in [0.2, 0.25) is 5.91 Å². The molecule has 0 bridgehead atoms. The first-order valence-electron chi connectivity index (χ1n) is 8.30. The number of nitrogens with one attached hydrogen (secondary N) is 2. The Balaban J connectivity index is 1.69. The number of fused-ring (bicyclic) bond motifs is 1. The van der Waals surface area contributed by atoms with Crippen LogP contribution in [0.15, 0.2) is 18.2 Å². The van der Waals surface area contributed by atoms with Gasteiger partial charge in [-0.15, -0.1) is 0 Å². The molecule has 1 saturated heterocycles. The van der Waals surface area contributed by atoms with Crippen molar-refractivity contribution in [3.8, 4) is 0 Å². The third-order valence-corrected chi connectivity index (χ3v) is 4.86. The van der Waals surface area contributed by atoms with E-state index in [0.717, 1.165) is 35.2 Å². The van der Waals surface area contributed by atoms with Crippen molar-refractivity contribution in [2.24, 2.45) is 0 Å². The Morgan fingerprint density at radius 3 is 2.54 bits per heavy atom. The van der Waals surface area contributed by atoms with Crippen molar-refractivity contribution < 1.29 is 9.59 Å². The molecular weight excluding hydrogens is 304 g/mol. The second-order valence-corrected chi connectivity index (χ2v) is 6.38. The molecule has 0 aliphatic carbocycles. The highest BCUT2D eigenvalue weighted by atomic mass is 16.2. The smallest absolute Gasteiger partial charge is 0.253 e. The maximum absolute atomic E-state index is 12.8. The minimum absolute atomic E-state index is 0.0125. The largest absolute Gasteiger partial charge is 0.358 e. The van der Waals surface area contributed by atoms with Crippen LogP contribution in [0.2, 0.25) is 0 Å². The van der Waals surface area contributed by atoms with Gasteiger partial charge in [0, 0.05) is 55.4 Å². The van der Waals surface area contributed by atoms with Gasteiger partial charge in [-0.2, -0.15) is 0 Å². The van der Waals surface area contributed by atoms with Crippen LogP contribution in [0.4, 0.5) is 0 Å². The molecule has 1 aromatic heterocycles. The van der Waals surface area contributed by atoms with Crippen molar-refractivity contribution in [2.45, 2.75) is 13.8 Å². The fraction of sp³-hybridized carbons (Fsp3) is 0.444. The van der Waals surface area contributed by atoms with Gasteiger partial charge in [-0.1, -0.05) is 0 Å². The fourth-order valence-electron chi connectivity index (χ4n) is 3.17. The molecule has 2 heterocycles. The van der Waals surface area contributed by atoms with Gasteiger partial charge in [-0.3, -0.25) is 14.5 Å². The van der Waals surface area contributed by atoms with E-state index in [1.54, 1.807) is 7.05 Å². The summed E-state index contributed by atoms with van der Waals surface area (Å²) in [4.78, 5) is 31.5. The van der Waals surface area contributed by atoms with Crippen molar-refractivity contribution in [3.63, 3.8) is 0 Å². The summed E-state index contributed by atoms with van der Waals surface area (Å²) in [5, 5.41) is 3.74. The van der Waals surface area contributed by atoms with Crippen LogP contribution in [0.5, 0.6) is 0 Å². The Kier molecular flexibility index (Phi) is 4.57. The van der Waals surface area contributed by atoms with E-state index in [0.29, 0.717) is 19.6 Å². The topological polar surface area (TPSA) is 68.4 Å². The van der Waals surface area contributed by atoms with Crippen LogP contribution >= 0.6 is 0 Å². The van der Waals surface area contributed by atoms with Gasteiger partial charge in [-0.05, 0) is 37.6 Å². The lowest BCUT2D eigenvalue weighted by Crippen LogP contribution is -2.50. The standard InChI is InChI=1S/C18H24N4O2/c1-12-13(2)20-16-5-4-14(10-15(12)16)18(24)22-8-6-21(7-9-22)11-17(23)19-3/h4-5,10,20H,6-9,11H2,1-3H3,(H,19,23). The van der Waals surface area contributed by atoms with E-state index in [-0.39, 0.29) is 11.8 Å². The molecular formula is C18H24N4O2. The number of rotatable bonds is 3. The van der Waals surface area contributed by atoms with E-state index in [9.17, 15) is 9.59 Å². The van der Waals surface area contributed by atoms with E-state index in [1.165, 1.54) is 5.56 Å². The highest BCUT2D eigenvalue weighted by molar-refractivity contribution is 5.99. The van der Waals surface area contributed by atoms with E-state index >= 15 is 0 Å². The molecule has 1 aromatic carbocycles. The third kappa shape index (κ3) is 3.14. The number of hydrogen-bond acceptors (Lipinski definition) is 3. The molecule has 0 unspecified atom stereocenters. The maximum atomic E-state index is 12.8. The molecule has 24 heavy (non-hydrogen) atoms. The molecule has 1 aliphatic heterocycles. The molecule has 6 heteroatoms. The predicted molar refractivity (Wildman–Crippen MR) is 94.2 cm³/mol. The molecule has 1 fully saturated rings. The average molecular weight is 328 g/mol. The van der Waals surface area contributed by atoms with Crippen LogP contribution in [-0.4, -0.2) is 66.4 Å². The summed E-state index contributed by atoms with van der Waals surface area (Å²) in [5.74, 6) is 0.0771. The van der Waals surface area contributed by atoms with Gasteiger partial charge < -0.3 is 15.2 Å². The zero-order valence-corrected chi connectivity index (χ0v) is 14.5. The highest BCUT2D eigenvalue weighted by Crippen LogP contribution is 2.23. The van der Waals surface area contributed by atoms with Crippen LogP contribution in [0.3, 0.4) is 0 Å². The Morgan fingerprint density at radius 2 is 1.88 bits per heavy atom. The van der Waals surface area contributed by atoms with Gasteiger partial charge in [-0.25, -0.2) is 0 Å². The maximum Gasteiger partial charge on any atom is 0.253 e. The molecule has 0 spiro atoms. The molecule has 1 aliphatic rings. The van der Waals surface area contributed by atoms with Crippen molar-refractivity contribution in [1.29, 1.82) is 0 Å². The molecule has 3 rings (SSSR count). The molecule has 6 nitrogen and oxygen atoms in total. The number of carbonyl (C=O) groups excluding carboxylic acids is 2. The number of likely N-dealkylation sites (N-methyl/N-ethyl adjacent to an activating group) is 1. The fourth-order valence-corrected chi connectivity index (χ4v) is 3.17. The summed E-state index contributed by atoms with van der Waals surface area (Å²) in [5.41, 5.74) is 4.12. The number of nitrogens with zero attached hydrogens (tertiary/aromatic N) is 2. The van der Waals surface area contributed by atoms with Crippen molar-refractivity contribution in [1.82, 2.24) is 20.1 Å². The SMILES string of the molecule is CNC(=O)CN1CCN(C(=O)c2ccc3[nH]c(C)c(C)c3c2)CC1. The van der Waals surface area contributed by atoms with Crippen molar-refractivity contribution in [2.75, 3.05) is 39.8 Å². The lowest BCUT2D eigenvalue weighted by molar-refractivity contribution is -0.122. The number of amides is 2. The zero-order chi connectivity index (χ0) is 17.3. The van der Waals surface area contributed by atoms with Gasteiger partial charge in [0.1, 0.15) is 0 Å². The van der Waals surface area contributed by atoms with E-state index in [2.05, 4.69) is 22.1 Å². The summed E-state index contributed by atoms with van der Waals surface area (Å²) >= 11 is 0. The summed E-state index contributed by atoms with van der Waals surface area (Å²) in [6.45, 7) is 7.26. The van der Waals surface area contributed by atoms with Crippen LogP contribution in [-0.2, 0) is 4.79 Å². The molecule has 2 aromatic rings. The Bertz CT molecular complexity index is 773. The summed E-state index contributed by atoms with van der Waals surface area (Å²) in [6, 6.07) is 5.84. The van der Waals surface area contributed by atoms with Crippen molar-refractivity contribution in [3.05, 3.63) is 35.0 Å². The second kappa shape index (κ2) is 6.65. The Morgan fingerprint density at radius 1 is 1.17 bits per heavy atom. The number of aryl methyl sites for hydroxylation is 2. The number of aromatic nitrogens is 1. The lowest BCUT2D eigenvalue weighted by Gasteiger charge is -2.34. The molecule has 0 radical (unpaired) electrons. The Labute approximate surface area is 141 Å².